The number of carbonyl (C=O) groups excluding carboxylic acids is 1. The van der Waals surface area contributed by atoms with Crippen LogP contribution in [0.4, 0.5) is 5.69 Å². The summed E-state index contributed by atoms with van der Waals surface area (Å²) in [6.07, 6.45) is -0.744. The van der Waals surface area contributed by atoms with E-state index < -0.39 is 16.1 Å². The average molecular weight is 439 g/mol. The zero-order chi connectivity index (χ0) is 21.0. The first-order valence-corrected chi connectivity index (χ1v) is 11.0. The van der Waals surface area contributed by atoms with Crippen molar-refractivity contribution in [3.63, 3.8) is 0 Å². The molecule has 1 amide bonds. The Hall–Kier alpha value is -2.13. The molecular weight excluding hydrogens is 416 g/mol. The van der Waals surface area contributed by atoms with Crippen molar-refractivity contribution >= 4 is 33.2 Å². The van der Waals surface area contributed by atoms with Gasteiger partial charge in [0.25, 0.3) is 5.91 Å². The second kappa shape index (κ2) is 9.13. The largest absolute Gasteiger partial charge is 0.481 e. The van der Waals surface area contributed by atoms with Crippen molar-refractivity contribution in [1.29, 1.82) is 0 Å². The van der Waals surface area contributed by atoms with E-state index in [0.29, 0.717) is 42.8 Å². The Labute approximate surface area is 175 Å². The van der Waals surface area contributed by atoms with Crippen LogP contribution in [0, 0.1) is 6.92 Å². The Kier molecular flexibility index (Phi) is 6.79. The van der Waals surface area contributed by atoms with Crippen molar-refractivity contribution in [3.8, 4) is 5.75 Å². The molecule has 7 nitrogen and oxygen atoms in total. The van der Waals surface area contributed by atoms with Crippen molar-refractivity contribution in [2.24, 2.45) is 0 Å². The van der Waals surface area contributed by atoms with E-state index in [1.54, 1.807) is 37.3 Å². The summed E-state index contributed by atoms with van der Waals surface area (Å²) < 4.78 is 37.6. The highest BCUT2D eigenvalue weighted by Gasteiger charge is 2.26. The number of ether oxygens (including phenoxy) is 2. The molecule has 0 unspecified atom stereocenters. The number of hydrogen-bond donors (Lipinski definition) is 1. The predicted molar refractivity (Wildman–Crippen MR) is 111 cm³/mol. The minimum Gasteiger partial charge on any atom is -0.481 e. The van der Waals surface area contributed by atoms with Gasteiger partial charge < -0.3 is 14.8 Å². The molecule has 1 N–H and O–H groups in total. The Morgan fingerprint density at radius 3 is 2.45 bits per heavy atom. The van der Waals surface area contributed by atoms with Crippen LogP contribution in [0.2, 0.25) is 5.02 Å². The summed E-state index contributed by atoms with van der Waals surface area (Å²) in [5.74, 6) is 0.229. The lowest BCUT2D eigenvalue weighted by Gasteiger charge is -2.26. The number of nitrogens with one attached hydrogen (secondary N) is 1. The molecule has 156 valence electrons. The number of nitrogens with zero attached hydrogens (tertiary/aromatic N) is 1. The molecule has 1 fully saturated rings. The van der Waals surface area contributed by atoms with Crippen LogP contribution < -0.4 is 10.1 Å². The van der Waals surface area contributed by atoms with Gasteiger partial charge in [-0.05, 0) is 61.9 Å². The summed E-state index contributed by atoms with van der Waals surface area (Å²) in [5, 5.41) is 3.33. The minimum absolute atomic E-state index is 0.179. The maximum Gasteiger partial charge on any atom is 0.265 e. The van der Waals surface area contributed by atoms with Crippen LogP contribution in [-0.2, 0) is 19.6 Å². The predicted octanol–water partition coefficient (Wildman–Crippen LogP) is 3.08. The number of carbonyl (C=O) groups is 1. The van der Waals surface area contributed by atoms with Gasteiger partial charge in [-0.15, -0.1) is 0 Å². The summed E-state index contributed by atoms with van der Waals surface area (Å²) in [6, 6.07) is 11.3. The van der Waals surface area contributed by atoms with E-state index in [9.17, 15) is 13.2 Å². The van der Waals surface area contributed by atoms with E-state index >= 15 is 0 Å². The molecule has 9 heteroatoms. The van der Waals surface area contributed by atoms with E-state index in [-0.39, 0.29) is 10.8 Å². The molecule has 0 bridgehead atoms. The van der Waals surface area contributed by atoms with Crippen molar-refractivity contribution < 1.29 is 22.7 Å². The van der Waals surface area contributed by atoms with Gasteiger partial charge in [-0.25, -0.2) is 8.42 Å². The number of amides is 1. The smallest absolute Gasteiger partial charge is 0.265 e. The van der Waals surface area contributed by atoms with Crippen molar-refractivity contribution in [1.82, 2.24) is 4.31 Å². The van der Waals surface area contributed by atoms with Gasteiger partial charge in [0.2, 0.25) is 10.0 Å². The van der Waals surface area contributed by atoms with Gasteiger partial charge in [-0.3, -0.25) is 4.79 Å². The fraction of sp³-hybridized carbons (Fsp3) is 0.350. The van der Waals surface area contributed by atoms with Gasteiger partial charge >= 0.3 is 0 Å². The number of morpholine rings is 1. The molecule has 0 spiro atoms. The Morgan fingerprint density at radius 1 is 1.17 bits per heavy atom. The Bertz CT molecular complexity index is 973. The molecule has 3 rings (SSSR count). The molecule has 1 aliphatic heterocycles. The first-order chi connectivity index (χ1) is 13.8. The van der Waals surface area contributed by atoms with Gasteiger partial charge in [-0.2, -0.15) is 4.31 Å². The molecule has 1 atom stereocenters. The lowest BCUT2D eigenvalue weighted by Crippen LogP contribution is -2.40. The van der Waals surface area contributed by atoms with Crippen LogP contribution in [0.25, 0.3) is 0 Å². The number of halogens is 1. The summed E-state index contributed by atoms with van der Waals surface area (Å²) in [7, 11) is -3.57. The van der Waals surface area contributed by atoms with Crippen molar-refractivity contribution in [3.05, 3.63) is 53.1 Å². The van der Waals surface area contributed by atoms with Crippen LogP contribution >= 0.6 is 11.6 Å². The number of benzene rings is 2. The van der Waals surface area contributed by atoms with Crippen molar-refractivity contribution in [2.45, 2.75) is 24.8 Å². The monoisotopic (exact) mass is 438 g/mol. The maximum absolute atomic E-state index is 12.6. The number of rotatable bonds is 6. The molecule has 1 aliphatic rings. The average Bonchev–Trinajstić information content (AvgIpc) is 2.71. The number of aryl methyl sites for hydroxylation is 1. The van der Waals surface area contributed by atoms with E-state index in [2.05, 4.69) is 5.32 Å². The van der Waals surface area contributed by atoms with Crippen LogP contribution in [0.1, 0.15) is 12.5 Å². The standard InChI is InChI=1S/C20H23ClN2O5S/c1-14-13-16(21)3-8-19(14)28-15(2)20(24)22-17-4-6-18(7-5-17)29(25,26)23-9-11-27-12-10-23/h3-8,13,15H,9-12H2,1-2H3,(H,22,24)/t15-/m1/s1. The van der Waals surface area contributed by atoms with Gasteiger partial charge in [0, 0.05) is 23.8 Å². The molecule has 29 heavy (non-hydrogen) atoms. The molecule has 0 radical (unpaired) electrons. The molecule has 0 saturated carbocycles. The molecular formula is C20H23ClN2O5S. The highest BCUT2D eigenvalue weighted by molar-refractivity contribution is 7.89. The lowest BCUT2D eigenvalue weighted by atomic mass is 10.2. The van der Waals surface area contributed by atoms with Gasteiger partial charge in [0.1, 0.15) is 5.75 Å². The topological polar surface area (TPSA) is 84.9 Å². The number of hydrogen-bond acceptors (Lipinski definition) is 5. The number of sulfonamides is 1. The van der Waals surface area contributed by atoms with Gasteiger partial charge in [0.15, 0.2) is 6.10 Å². The lowest BCUT2D eigenvalue weighted by molar-refractivity contribution is -0.122. The molecule has 2 aromatic carbocycles. The summed E-state index contributed by atoms with van der Waals surface area (Å²) in [5.41, 5.74) is 1.31. The molecule has 1 heterocycles. The zero-order valence-corrected chi connectivity index (χ0v) is 17.8. The summed E-state index contributed by atoms with van der Waals surface area (Å²) in [4.78, 5) is 12.6. The second-order valence-electron chi connectivity index (χ2n) is 6.70. The molecule has 1 saturated heterocycles. The second-order valence-corrected chi connectivity index (χ2v) is 9.07. The van der Waals surface area contributed by atoms with Gasteiger partial charge in [-0.1, -0.05) is 11.6 Å². The zero-order valence-electron chi connectivity index (χ0n) is 16.2. The van der Waals surface area contributed by atoms with Gasteiger partial charge in [0.05, 0.1) is 18.1 Å². The highest BCUT2D eigenvalue weighted by atomic mass is 35.5. The molecule has 0 aromatic heterocycles. The first kappa shape index (κ1) is 21.6. The summed E-state index contributed by atoms with van der Waals surface area (Å²) >= 11 is 5.93. The fourth-order valence-electron chi connectivity index (χ4n) is 2.88. The van der Waals surface area contributed by atoms with E-state index in [4.69, 9.17) is 21.1 Å². The van der Waals surface area contributed by atoms with Crippen LogP contribution in [0.3, 0.4) is 0 Å². The number of anilines is 1. The van der Waals surface area contributed by atoms with E-state index in [1.165, 1.54) is 16.4 Å². The highest BCUT2D eigenvalue weighted by Crippen LogP contribution is 2.23. The van der Waals surface area contributed by atoms with Crippen molar-refractivity contribution in [2.75, 3.05) is 31.6 Å². The quantitative estimate of drug-likeness (QED) is 0.749. The molecule has 2 aromatic rings. The third kappa shape index (κ3) is 5.27. The van der Waals surface area contributed by atoms with Crippen LogP contribution in [0.15, 0.2) is 47.4 Å². The Balaban J connectivity index is 1.63. The maximum atomic E-state index is 12.6. The van der Waals surface area contributed by atoms with Crippen LogP contribution in [0.5, 0.6) is 5.75 Å². The fourth-order valence-corrected chi connectivity index (χ4v) is 4.51. The van der Waals surface area contributed by atoms with Crippen LogP contribution in [-0.4, -0.2) is 51.0 Å². The summed E-state index contributed by atoms with van der Waals surface area (Å²) in [6.45, 7) is 4.93. The van der Waals surface area contributed by atoms with E-state index in [0.717, 1.165) is 5.56 Å². The molecule has 0 aliphatic carbocycles. The van der Waals surface area contributed by atoms with E-state index in [1.807, 2.05) is 6.92 Å². The minimum atomic E-state index is -3.57. The Morgan fingerprint density at radius 2 is 1.83 bits per heavy atom. The first-order valence-electron chi connectivity index (χ1n) is 9.19. The normalized spacial score (nSPS) is 16.2. The SMILES string of the molecule is Cc1cc(Cl)ccc1O[C@H](C)C(=O)Nc1ccc(S(=O)(=O)N2CCOCC2)cc1. The third-order valence-electron chi connectivity index (χ3n) is 4.54. The third-order valence-corrected chi connectivity index (χ3v) is 6.69.